The first kappa shape index (κ1) is 19.1. The highest BCUT2D eigenvalue weighted by molar-refractivity contribution is 9.10. The maximum Gasteiger partial charge on any atom is 0.220 e. The molecule has 0 amide bonds. The Morgan fingerprint density at radius 2 is 1.92 bits per heavy atom. The lowest BCUT2D eigenvalue weighted by atomic mass is 9.98. The van der Waals surface area contributed by atoms with Crippen molar-refractivity contribution in [2.24, 2.45) is 0 Å². The summed E-state index contributed by atoms with van der Waals surface area (Å²) in [6.07, 6.45) is 7.14. The second kappa shape index (κ2) is 8.21. The summed E-state index contributed by atoms with van der Waals surface area (Å²) in [5, 5.41) is 10.5. The normalized spacial score (nSPS) is 21.5. The van der Waals surface area contributed by atoms with Gasteiger partial charge in [-0.2, -0.15) is 0 Å². The molecule has 128 valence electrons. The Labute approximate surface area is 156 Å². The van der Waals surface area contributed by atoms with Crippen LogP contribution in [0.2, 0.25) is 0 Å². The molecular weight excluding hydrogens is 384 g/mol. The number of hydrogen-bond donors (Lipinski definition) is 1. The van der Waals surface area contributed by atoms with Crippen LogP contribution in [0.15, 0.2) is 64.4 Å². The van der Waals surface area contributed by atoms with Crippen molar-refractivity contribution < 1.29 is 9.90 Å². The zero-order valence-electron chi connectivity index (χ0n) is 14.1. The highest BCUT2D eigenvalue weighted by Crippen LogP contribution is 2.45. The fourth-order valence-electron chi connectivity index (χ4n) is 2.79. The van der Waals surface area contributed by atoms with Crippen LogP contribution < -0.4 is 0 Å². The molecule has 0 radical (unpaired) electrons. The SMILES string of the molecule is C=C/C(C)=C/[C@@]1(C)SC(=O)C(CCCCc2ccc(Br)cc2)=C1O. The Morgan fingerprint density at radius 1 is 1.29 bits per heavy atom. The number of rotatable bonds is 7. The zero-order valence-corrected chi connectivity index (χ0v) is 16.5. The highest BCUT2D eigenvalue weighted by Gasteiger charge is 2.41. The van der Waals surface area contributed by atoms with Gasteiger partial charge in [0.25, 0.3) is 0 Å². The summed E-state index contributed by atoms with van der Waals surface area (Å²) in [6.45, 7) is 7.53. The fourth-order valence-corrected chi connectivity index (χ4v) is 4.23. The van der Waals surface area contributed by atoms with Crippen molar-refractivity contribution in [3.05, 3.63) is 69.9 Å². The first-order chi connectivity index (χ1) is 11.4. The molecule has 24 heavy (non-hydrogen) atoms. The Bertz CT molecular complexity index is 688. The van der Waals surface area contributed by atoms with Crippen LogP contribution in [-0.4, -0.2) is 15.0 Å². The van der Waals surface area contributed by atoms with Crippen LogP contribution in [0.3, 0.4) is 0 Å². The van der Waals surface area contributed by atoms with Crippen LogP contribution >= 0.6 is 27.7 Å². The van der Waals surface area contributed by atoms with E-state index >= 15 is 0 Å². The standard InChI is InChI=1S/C20H23BrO2S/c1-4-14(2)13-20(3)18(22)17(19(23)24-20)8-6-5-7-15-9-11-16(21)12-10-15/h4,9-13,22H,1,5-8H2,2-3H3/b14-13+/t20-/m1/s1. The van der Waals surface area contributed by atoms with Crippen molar-refractivity contribution in [1.29, 1.82) is 0 Å². The second-order valence-corrected chi connectivity index (χ2v) is 8.59. The molecule has 0 bridgehead atoms. The smallest absolute Gasteiger partial charge is 0.220 e. The predicted octanol–water partition coefficient (Wildman–Crippen LogP) is 6.14. The quantitative estimate of drug-likeness (QED) is 0.436. The number of aryl methyl sites for hydroxylation is 1. The number of benzene rings is 1. The van der Waals surface area contributed by atoms with Crippen LogP contribution in [-0.2, 0) is 11.2 Å². The van der Waals surface area contributed by atoms with E-state index in [-0.39, 0.29) is 10.9 Å². The molecule has 0 saturated carbocycles. The second-order valence-electron chi connectivity index (χ2n) is 6.25. The van der Waals surface area contributed by atoms with E-state index in [2.05, 4.69) is 34.6 Å². The summed E-state index contributed by atoms with van der Waals surface area (Å²) < 4.78 is 0.424. The highest BCUT2D eigenvalue weighted by atomic mass is 79.9. The number of carbonyl (C=O) groups excluding carboxylic acids is 1. The largest absolute Gasteiger partial charge is 0.510 e. The summed E-state index contributed by atoms with van der Waals surface area (Å²) in [5.74, 6) is 0.211. The Kier molecular flexibility index (Phi) is 6.53. The summed E-state index contributed by atoms with van der Waals surface area (Å²) >= 11 is 4.62. The van der Waals surface area contributed by atoms with Gasteiger partial charge in [-0.15, -0.1) is 0 Å². The Hall–Kier alpha value is -1.26. The van der Waals surface area contributed by atoms with E-state index < -0.39 is 4.75 Å². The molecule has 2 rings (SSSR count). The van der Waals surface area contributed by atoms with Crippen molar-refractivity contribution >= 4 is 32.8 Å². The first-order valence-electron chi connectivity index (χ1n) is 8.08. The molecule has 2 nitrogen and oxygen atoms in total. The number of unbranched alkanes of at least 4 members (excludes halogenated alkanes) is 1. The third-order valence-corrected chi connectivity index (χ3v) is 5.88. The third kappa shape index (κ3) is 4.64. The van der Waals surface area contributed by atoms with Gasteiger partial charge in [0.05, 0.1) is 4.75 Å². The number of allylic oxidation sites excluding steroid dienone is 2. The van der Waals surface area contributed by atoms with Crippen molar-refractivity contribution in [2.45, 2.75) is 44.3 Å². The van der Waals surface area contributed by atoms with Gasteiger partial charge in [0.2, 0.25) is 5.12 Å². The third-order valence-electron chi connectivity index (χ3n) is 4.19. The van der Waals surface area contributed by atoms with Gasteiger partial charge in [-0.25, -0.2) is 0 Å². The van der Waals surface area contributed by atoms with E-state index in [9.17, 15) is 9.90 Å². The molecule has 1 aromatic carbocycles. The number of hydrogen-bond acceptors (Lipinski definition) is 3. The van der Waals surface area contributed by atoms with Crippen molar-refractivity contribution in [2.75, 3.05) is 0 Å². The van der Waals surface area contributed by atoms with E-state index in [1.54, 1.807) is 6.08 Å². The minimum atomic E-state index is -0.656. The molecule has 0 fully saturated rings. The van der Waals surface area contributed by atoms with Gasteiger partial charge in [-0.3, -0.25) is 4.79 Å². The van der Waals surface area contributed by atoms with Crippen molar-refractivity contribution in [3.63, 3.8) is 0 Å². The maximum atomic E-state index is 12.3. The number of aliphatic hydroxyl groups excluding tert-OH is 1. The van der Waals surface area contributed by atoms with Gasteiger partial charge in [-0.05, 0) is 57.2 Å². The molecule has 1 heterocycles. The van der Waals surface area contributed by atoms with Crippen LogP contribution in [0, 0.1) is 0 Å². The van der Waals surface area contributed by atoms with Crippen molar-refractivity contribution in [1.82, 2.24) is 0 Å². The zero-order chi connectivity index (χ0) is 17.7. The monoisotopic (exact) mass is 406 g/mol. The van der Waals surface area contributed by atoms with E-state index in [4.69, 9.17) is 0 Å². The minimum absolute atomic E-state index is 0.00764. The summed E-state index contributed by atoms with van der Waals surface area (Å²) in [6, 6.07) is 8.30. The maximum absolute atomic E-state index is 12.3. The van der Waals surface area contributed by atoms with Gasteiger partial charge >= 0.3 is 0 Å². The lowest BCUT2D eigenvalue weighted by Crippen LogP contribution is -2.17. The molecule has 0 aliphatic carbocycles. The Morgan fingerprint density at radius 3 is 2.54 bits per heavy atom. The minimum Gasteiger partial charge on any atom is -0.510 e. The predicted molar refractivity (Wildman–Crippen MR) is 106 cm³/mol. The fraction of sp³-hybridized carbons (Fsp3) is 0.350. The van der Waals surface area contributed by atoms with E-state index in [1.807, 2.05) is 32.1 Å². The number of carbonyl (C=O) groups is 1. The summed E-state index contributed by atoms with van der Waals surface area (Å²) in [7, 11) is 0. The topological polar surface area (TPSA) is 37.3 Å². The van der Waals surface area contributed by atoms with Gasteiger partial charge in [-0.1, -0.05) is 64.1 Å². The lowest BCUT2D eigenvalue weighted by molar-refractivity contribution is -0.108. The molecule has 0 spiro atoms. The number of halogens is 1. The molecule has 0 unspecified atom stereocenters. The molecule has 4 heteroatoms. The van der Waals surface area contributed by atoms with Gasteiger partial charge in [0.1, 0.15) is 5.76 Å². The molecule has 0 aromatic heterocycles. The average Bonchev–Trinajstić information content (AvgIpc) is 2.75. The first-order valence-corrected chi connectivity index (χ1v) is 9.69. The summed E-state index contributed by atoms with van der Waals surface area (Å²) in [4.78, 5) is 12.3. The van der Waals surface area contributed by atoms with Gasteiger partial charge in [0.15, 0.2) is 0 Å². The van der Waals surface area contributed by atoms with Crippen LogP contribution in [0.4, 0.5) is 0 Å². The van der Waals surface area contributed by atoms with E-state index in [0.29, 0.717) is 12.0 Å². The van der Waals surface area contributed by atoms with Gasteiger partial charge < -0.3 is 5.11 Å². The molecule has 1 aromatic rings. The van der Waals surface area contributed by atoms with Crippen LogP contribution in [0.1, 0.15) is 38.7 Å². The van der Waals surface area contributed by atoms with Crippen molar-refractivity contribution in [3.8, 4) is 0 Å². The lowest BCUT2D eigenvalue weighted by Gasteiger charge is -2.18. The van der Waals surface area contributed by atoms with Crippen LogP contribution in [0.25, 0.3) is 0 Å². The number of thioether (sulfide) groups is 1. The van der Waals surface area contributed by atoms with Crippen LogP contribution in [0.5, 0.6) is 0 Å². The average molecular weight is 407 g/mol. The molecule has 1 atom stereocenters. The summed E-state index contributed by atoms with van der Waals surface area (Å²) in [5.41, 5.74) is 2.82. The molecule has 1 N–H and O–H groups in total. The Balaban J connectivity index is 1.95. The number of aliphatic hydroxyl groups is 1. The molecule has 0 saturated heterocycles. The van der Waals surface area contributed by atoms with E-state index in [0.717, 1.165) is 29.3 Å². The van der Waals surface area contributed by atoms with Gasteiger partial charge in [0, 0.05) is 10.0 Å². The molecular formula is C20H23BrO2S. The van der Waals surface area contributed by atoms with E-state index in [1.165, 1.54) is 17.3 Å². The molecule has 1 aliphatic heterocycles. The molecule has 1 aliphatic rings.